The lowest BCUT2D eigenvalue weighted by Gasteiger charge is -2.42. The van der Waals surface area contributed by atoms with E-state index in [4.69, 9.17) is 11.6 Å². The molecule has 2 aliphatic heterocycles. The van der Waals surface area contributed by atoms with Crippen molar-refractivity contribution >= 4 is 35.2 Å². The molecule has 1 aromatic carbocycles. The van der Waals surface area contributed by atoms with Crippen LogP contribution in [-0.2, 0) is 5.41 Å². The molecule has 0 saturated carbocycles. The Hall–Kier alpha value is -3.86. The van der Waals surface area contributed by atoms with Gasteiger partial charge >= 0.3 is 6.03 Å². The number of nitrogens with zero attached hydrogens (tertiary/aromatic N) is 4. The Morgan fingerprint density at radius 2 is 1.89 bits per heavy atom. The highest BCUT2D eigenvalue weighted by atomic mass is 35.5. The number of fused-ring (bicyclic) bond motifs is 1. The van der Waals surface area contributed by atoms with Gasteiger partial charge in [0, 0.05) is 55.6 Å². The third-order valence-corrected chi connectivity index (χ3v) is 7.08. The quantitative estimate of drug-likeness (QED) is 0.533. The summed E-state index contributed by atoms with van der Waals surface area (Å²) in [7, 11) is 1.51. The first kappa shape index (κ1) is 24.8. The van der Waals surface area contributed by atoms with E-state index in [2.05, 4.69) is 20.6 Å². The molecular formula is C25H22ClF3N6O2. The summed E-state index contributed by atoms with van der Waals surface area (Å²) in [5, 5.41) is 5.30. The van der Waals surface area contributed by atoms with E-state index in [1.54, 1.807) is 6.92 Å². The first-order chi connectivity index (χ1) is 17.7. The monoisotopic (exact) mass is 530 g/mol. The van der Waals surface area contributed by atoms with Crippen molar-refractivity contribution in [2.45, 2.75) is 18.4 Å². The molecule has 8 nitrogen and oxygen atoms in total. The Kier molecular flexibility index (Phi) is 6.18. The molecular weight excluding hydrogens is 509 g/mol. The van der Waals surface area contributed by atoms with Crippen LogP contribution in [0.25, 0.3) is 0 Å². The first-order valence-corrected chi connectivity index (χ1v) is 11.8. The number of benzene rings is 1. The molecule has 3 aromatic rings. The van der Waals surface area contributed by atoms with E-state index in [0.717, 1.165) is 11.0 Å². The van der Waals surface area contributed by atoms with Gasteiger partial charge in [0.1, 0.15) is 5.82 Å². The third-order valence-electron chi connectivity index (χ3n) is 6.79. The molecule has 12 heteroatoms. The van der Waals surface area contributed by atoms with Crippen molar-refractivity contribution in [3.8, 4) is 0 Å². The topological polar surface area (TPSA) is 90.5 Å². The maximum absolute atomic E-state index is 16.2. The zero-order valence-electron chi connectivity index (χ0n) is 19.9. The van der Waals surface area contributed by atoms with Crippen LogP contribution < -0.4 is 15.5 Å². The van der Waals surface area contributed by atoms with E-state index in [1.165, 1.54) is 48.6 Å². The van der Waals surface area contributed by atoms with E-state index in [1.807, 2.05) is 0 Å². The molecule has 37 heavy (non-hydrogen) atoms. The minimum absolute atomic E-state index is 0.0283. The molecule has 0 radical (unpaired) electrons. The van der Waals surface area contributed by atoms with Crippen LogP contribution in [-0.4, -0.2) is 59.5 Å². The van der Waals surface area contributed by atoms with E-state index < -0.39 is 28.8 Å². The molecule has 1 fully saturated rings. The molecule has 5 rings (SSSR count). The van der Waals surface area contributed by atoms with Crippen molar-refractivity contribution in [1.82, 2.24) is 20.2 Å². The molecule has 2 aromatic heterocycles. The summed E-state index contributed by atoms with van der Waals surface area (Å²) in [6.07, 6.45) is 2.51. The van der Waals surface area contributed by atoms with Crippen LogP contribution in [0.5, 0.6) is 0 Å². The van der Waals surface area contributed by atoms with Gasteiger partial charge in [0.15, 0.2) is 23.3 Å². The predicted octanol–water partition coefficient (Wildman–Crippen LogP) is 3.95. The maximum Gasteiger partial charge on any atom is 0.317 e. The van der Waals surface area contributed by atoms with E-state index >= 15 is 8.78 Å². The molecule has 0 aliphatic carbocycles. The Labute approximate surface area is 215 Å². The summed E-state index contributed by atoms with van der Waals surface area (Å²) in [5.41, 5.74) is -1.70. The molecule has 1 atom stereocenters. The lowest BCUT2D eigenvalue weighted by atomic mass is 9.71. The van der Waals surface area contributed by atoms with Crippen molar-refractivity contribution < 1.29 is 22.8 Å². The van der Waals surface area contributed by atoms with Gasteiger partial charge in [-0.2, -0.15) is 0 Å². The first-order valence-electron chi connectivity index (χ1n) is 11.4. The standard InChI is InChI=1S/C25H22ClF3N6O2/c1-25(15-5-3-6-16(26)19(15)28)12-35(22-17(27)7-4-8-31-22)23(36)14-9-32-21(20(29)18(14)25)33-13-10-34(11-13)24(37)30-2/h3-9,13H,10-12H2,1-2H3,(H,30,37)(H,32,33)/t25-/m1/s1. The van der Waals surface area contributed by atoms with Crippen LogP contribution in [0, 0.1) is 17.5 Å². The Balaban J connectivity index is 1.62. The van der Waals surface area contributed by atoms with Crippen molar-refractivity contribution in [3.05, 3.63) is 81.9 Å². The largest absolute Gasteiger partial charge is 0.361 e. The van der Waals surface area contributed by atoms with Gasteiger partial charge in [0.05, 0.1) is 16.6 Å². The minimum Gasteiger partial charge on any atom is -0.361 e. The Morgan fingerprint density at radius 3 is 2.59 bits per heavy atom. The summed E-state index contributed by atoms with van der Waals surface area (Å²) in [6, 6.07) is 6.33. The Morgan fingerprint density at radius 1 is 1.14 bits per heavy atom. The highest BCUT2D eigenvalue weighted by Gasteiger charge is 2.47. The van der Waals surface area contributed by atoms with E-state index in [-0.39, 0.29) is 52.0 Å². The van der Waals surface area contributed by atoms with Gasteiger partial charge in [-0.15, -0.1) is 0 Å². The SMILES string of the molecule is CNC(=O)N1CC(Nc2ncc3c(c2F)[C@@](C)(c2cccc(Cl)c2F)CN(c2ncccc2F)C3=O)C1. The lowest BCUT2D eigenvalue weighted by molar-refractivity contribution is 0.0966. The molecule has 0 unspecified atom stereocenters. The van der Waals surface area contributed by atoms with Crippen molar-refractivity contribution in [2.75, 3.05) is 36.9 Å². The van der Waals surface area contributed by atoms with Crippen LogP contribution in [0.15, 0.2) is 42.7 Å². The number of aromatic nitrogens is 2. The second kappa shape index (κ2) is 9.22. The van der Waals surface area contributed by atoms with E-state index in [0.29, 0.717) is 13.1 Å². The van der Waals surface area contributed by atoms with Crippen molar-refractivity contribution in [2.24, 2.45) is 0 Å². The summed E-state index contributed by atoms with van der Waals surface area (Å²) in [6.45, 7) is 1.90. The fourth-order valence-corrected chi connectivity index (χ4v) is 5.06. The second-order valence-electron chi connectivity index (χ2n) is 9.14. The van der Waals surface area contributed by atoms with Crippen molar-refractivity contribution in [3.63, 3.8) is 0 Å². The normalized spacial score (nSPS) is 19.4. The molecule has 1 saturated heterocycles. The maximum atomic E-state index is 16.2. The summed E-state index contributed by atoms with van der Waals surface area (Å²) < 4.78 is 46.2. The van der Waals surface area contributed by atoms with Crippen LogP contribution in [0.2, 0.25) is 5.02 Å². The molecule has 3 amide bonds. The number of nitrogens with one attached hydrogen (secondary N) is 2. The molecule has 2 aliphatic rings. The molecule has 4 heterocycles. The number of rotatable bonds is 4. The minimum atomic E-state index is -1.49. The number of carbonyl (C=O) groups is 2. The lowest BCUT2D eigenvalue weighted by Crippen LogP contribution is -2.59. The van der Waals surface area contributed by atoms with Crippen molar-refractivity contribution in [1.29, 1.82) is 0 Å². The average molecular weight is 531 g/mol. The number of carbonyl (C=O) groups excluding carboxylic acids is 2. The van der Waals surface area contributed by atoms with Gasteiger partial charge in [-0.05, 0) is 25.1 Å². The molecule has 2 N–H and O–H groups in total. The van der Waals surface area contributed by atoms with Crippen LogP contribution in [0.1, 0.15) is 28.4 Å². The fourth-order valence-electron chi connectivity index (χ4n) is 4.89. The molecule has 0 spiro atoms. The number of amides is 3. The number of halogens is 4. The van der Waals surface area contributed by atoms with Crippen LogP contribution in [0.4, 0.5) is 29.6 Å². The fraction of sp³-hybridized carbons (Fsp3) is 0.280. The van der Waals surface area contributed by atoms with Gasteiger partial charge in [-0.3, -0.25) is 9.69 Å². The zero-order valence-corrected chi connectivity index (χ0v) is 20.6. The van der Waals surface area contributed by atoms with Gasteiger partial charge < -0.3 is 15.5 Å². The van der Waals surface area contributed by atoms with Crippen LogP contribution >= 0.6 is 11.6 Å². The van der Waals surface area contributed by atoms with Gasteiger partial charge in [0.25, 0.3) is 5.91 Å². The predicted molar refractivity (Wildman–Crippen MR) is 131 cm³/mol. The Bertz CT molecular complexity index is 1420. The number of hydrogen-bond donors (Lipinski definition) is 2. The molecule has 192 valence electrons. The third kappa shape index (κ3) is 4.03. The van der Waals surface area contributed by atoms with Gasteiger partial charge in [-0.25, -0.2) is 27.9 Å². The van der Waals surface area contributed by atoms with Gasteiger partial charge in [-0.1, -0.05) is 23.7 Å². The second-order valence-corrected chi connectivity index (χ2v) is 9.55. The molecule has 0 bridgehead atoms. The number of urea groups is 1. The highest BCUT2D eigenvalue weighted by Crippen LogP contribution is 2.44. The van der Waals surface area contributed by atoms with Crippen LogP contribution in [0.3, 0.4) is 0 Å². The van der Waals surface area contributed by atoms with E-state index in [9.17, 15) is 14.0 Å². The van der Waals surface area contributed by atoms with Gasteiger partial charge in [0.2, 0.25) is 0 Å². The summed E-state index contributed by atoms with van der Waals surface area (Å²) in [4.78, 5) is 35.9. The number of pyridine rings is 2. The smallest absolute Gasteiger partial charge is 0.317 e. The summed E-state index contributed by atoms with van der Waals surface area (Å²) >= 11 is 6.06. The highest BCUT2D eigenvalue weighted by molar-refractivity contribution is 6.30. The average Bonchev–Trinajstić information content (AvgIpc) is 2.85. The zero-order chi connectivity index (χ0) is 26.5. The summed E-state index contributed by atoms with van der Waals surface area (Å²) in [5.74, 6) is -3.51. The number of likely N-dealkylation sites (tertiary alicyclic amines) is 1. The number of hydrogen-bond acceptors (Lipinski definition) is 5. The number of anilines is 2.